The molecule has 1 aliphatic heterocycles. The second-order valence-corrected chi connectivity index (χ2v) is 5.93. The number of nitrogens with zero attached hydrogens (tertiary/aromatic N) is 1. The summed E-state index contributed by atoms with van der Waals surface area (Å²) in [5.74, 6) is -0.679. The van der Waals surface area contributed by atoms with Crippen LogP contribution in [-0.2, 0) is 4.79 Å². The van der Waals surface area contributed by atoms with E-state index < -0.39 is 5.37 Å². The fourth-order valence-corrected chi connectivity index (χ4v) is 3.13. The molecule has 6 heteroatoms. The monoisotopic (exact) mass is 316 g/mol. The average molecular weight is 316 g/mol. The summed E-state index contributed by atoms with van der Waals surface area (Å²) in [7, 11) is 0. The summed E-state index contributed by atoms with van der Waals surface area (Å²) in [4.78, 5) is 25.8. The number of aryl methyl sites for hydroxylation is 1. The molecule has 1 aliphatic rings. The van der Waals surface area contributed by atoms with Gasteiger partial charge in [0.25, 0.3) is 11.1 Å². The van der Waals surface area contributed by atoms with Crippen LogP contribution < -0.4 is 10.2 Å². The summed E-state index contributed by atoms with van der Waals surface area (Å²) in [6, 6.07) is 12.9. The van der Waals surface area contributed by atoms with Crippen molar-refractivity contribution in [3.05, 3.63) is 59.9 Å². The summed E-state index contributed by atoms with van der Waals surface area (Å²) in [6.07, 6.45) is 0. The highest BCUT2D eigenvalue weighted by atomic mass is 32.2. The minimum absolute atomic E-state index is 0.320. The van der Waals surface area contributed by atoms with Crippen LogP contribution in [0.5, 0.6) is 0 Å². The Balaban J connectivity index is 1.82. The van der Waals surface area contributed by atoms with E-state index in [1.165, 1.54) is 29.2 Å². The minimum atomic E-state index is -0.711. The van der Waals surface area contributed by atoms with E-state index in [9.17, 15) is 14.0 Å². The smallest absolute Gasteiger partial charge is 0.295 e. The number of halogens is 1. The molecule has 2 aromatic carbocycles. The number of rotatable bonds is 3. The number of para-hydroxylation sites is 1. The molecule has 112 valence electrons. The maximum Gasteiger partial charge on any atom is 0.295 e. The fourth-order valence-electron chi connectivity index (χ4n) is 2.23. The molecule has 0 radical (unpaired) electrons. The van der Waals surface area contributed by atoms with Gasteiger partial charge in [-0.1, -0.05) is 18.2 Å². The Hall–Kier alpha value is -2.34. The van der Waals surface area contributed by atoms with E-state index in [2.05, 4.69) is 5.32 Å². The molecule has 2 amide bonds. The Morgan fingerprint density at radius 1 is 1.09 bits per heavy atom. The van der Waals surface area contributed by atoms with Gasteiger partial charge in [-0.05, 0) is 54.6 Å². The van der Waals surface area contributed by atoms with Gasteiger partial charge >= 0.3 is 0 Å². The second-order valence-electron chi connectivity index (χ2n) is 4.88. The molecule has 1 saturated heterocycles. The van der Waals surface area contributed by atoms with Crippen LogP contribution in [-0.4, -0.2) is 16.5 Å². The molecule has 1 unspecified atom stereocenters. The quantitative estimate of drug-likeness (QED) is 0.936. The van der Waals surface area contributed by atoms with Crippen LogP contribution >= 0.6 is 11.8 Å². The van der Waals surface area contributed by atoms with E-state index in [-0.39, 0.29) is 17.0 Å². The molecule has 2 aromatic rings. The predicted octanol–water partition coefficient (Wildman–Crippen LogP) is 3.77. The van der Waals surface area contributed by atoms with Gasteiger partial charge in [0, 0.05) is 5.69 Å². The Morgan fingerprint density at radius 2 is 1.77 bits per heavy atom. The van der Waals surface area contributed by atoms with Crippen LogP contribution in [0.15, 0.2) is 48.5 Å². The lowest BCUT2D eigenvalue weighted by atomic mass is 10.2. The Bertz CT molecular complexity index is 733. The maximum absolute atomic E-state index is 12.9. The zero-order chi connectivity index (χ0) is 15.7. The number of hydrogen-bond donors (Lipinski definition) is 1. The fraction of sp³-hybridized carbons (Fsp3) is 0.125. The lowest BCUT2D eigenvalue weighted by Crippen LogP contribution is -2.34. The number of imide groups is 1. The van der Waals surface area contributed by atoms with Gasteiger partial charge in [0.05, 0.1) is 5.69 Å². The number of hydrogen-bond acceptors (Lipinski definition) is 4. The van der Waals surface area contributed by atoms with Crippen molar-refractivity contribution in [1.29, 1.82) is 0 Å². The van der Waals surface area contributed by atoms with Gasteiger partial charge in [0.1, 0.15) is 5.82 Å². The number of carbonyl (C=O) groups excluding carboxylic acids is 2. The molecule has 0 aliphatic carbocycles. The number of anilines is 2. The van der Waals surface area contributed by atoms with Crippen molar-refractivity contribution in [2.75, 3.05) is 10.2 Å². The highest BCUT2D eigenvalue weighted by Crippen LogP contribution is 2.33. The molecule has 0 bridgehead atoms. The van der Waals surface area contributed by atoms with Crippen LogP contribution in [0.2, 0.25) is 0 Å². The number of nitrogens with one attached hydrogen (secondary N) is 1. The van der Waals surface area contributed by atoms with Gasteiger partial charge in [0.2, 0.25) is 0 Å². The van der Waals surface area contributed by atoms with Gasteiger partial charge in [-0.3, -0.25) is 9.59 Å². The molecule has 22 heavy (non-hydrogen) atoms. The second kappa shape index (κ2) is 5.81. The molecule has 1 fully saturated rings. The van der Waals surface area contributed by atoms with Gasteiger partial charge < -0.3 is 5.32 Å². The largest absolute Gasteiger partial charge is 0.365 e. The van der Waals surface area contributed by atoms with Crippen molar-refractivity contribution >= 4 is 34.3 Å². The van der Waals surface area contributed by atoms with E-state index in [0.717, 1.165) is 17.3 Å². The predicted molar refractivity (Wildman–Crippen MR) is 85.5 cm³/mol. The number of amides is 2. The zero-order valence-corrected chi connectivity index (χ0v) is 12.6. The summed E-state index contributed by atoms with van der Waals surface area (Å²) in [5.41, 5.74) is 2.03. The topological polar surface area (TPSA) is 49.4 Å². The molecule has 3 rings (SSSR count). The summed E-state index contributed by atoms with van der Waals surface area (Å²) < 4.78 is 12.9. The molecular weight excluding hydrogens is 303 g/mol. The van der Waals surface area contributed by atoms with Crippen molar-refractivity contribution < 1.29 is 14.0 Å². The maximum atomic E-state index is 12.9. The molecule has 0 spiro atoms. The summed E-state index contributed by atoms with van der Waals surface area (Å²) in [6.45, 7) is 1.85. The normalized spacial score (nSPS) is 17.9. The first kappa shape index (κ1) is 14.6. The number of thioether (sulfide) groups is 1. The van der Waals surface area contributed by atoms with E-state index in [1.807, 2.05) is 19.1 Å². The standard InChI is InChI=1S/C16H13FN2O2S/c1-10-4-2-3-5-13(10)19-15(20)14(22-16(19)21)18-12-8-6-11(17)7-9-12/h2-9,14,18H,1H3. The Kier molecular flexibility index (Phi) is 3.85. The molecule has 0 aromatic heterocycles. The highest BCUT2D eigenvalue weighted by molar-refractivity contribution is 8.16. The minimum Gasteiger partial charge on any atom is -0.365 e. The highest BCUT2D eigenvalue weighted by Gasteiger charge is 2.41. The van der Waals surface area contributed by atoms with Crippen molar-refractivity contribution in [2.24, 2.45) is 0 Å². The molecule has 4 nitrogen and oxygen atoms in total. The van der Waals surface area contributed by atoms with Crippen molar-refractivity contribution in [1.82, 2.24) is 0 Å². The first-order valence-corrected chi connectivity index (χ1v) is 7.56. The van der Waals surface area contributed by atoms with Crippen LogP contribution in [0.25, 0.3) is 0 Å². The van der Waals surface area contributed by atoms with Crippen LogP contribution in [0.3, 0.4) is 0 Å². The van der Waals surface area contributed by atoms with Crippen molar-refractivity contribution in [2.45, 2.75) is 12.3 Å². The molecule has 1 heterocycles. The van der Waals surface area contributed by atoms with Crippen LogP contribution in [0.4, 0.5) is 20.6 Å². The summed E-state index contributed by atoms with van der Waals surface area (Å²) >= 11 is 0.917. The first-order chi connectivity index (χ1) is 10.6. The van der Waals surface area contributed by atoms with Crippen molar-refractivity contribution in [3.8, 4) is 0 Å². The SMILES string of the molecule is Cc1ccccc1N1C(=O)SC(Nc2ccc(F)cc2)C1=O. The lowest BCUT2D eigenvalue weighted by molar-refractivity contribution is -0.116. The van der Waals surface area contributed by atoms with Crippen molar-refractivity contribution in [3.63, 3.8) is 0 Å². The van der Waals surface area contributed by atoms with Gasteiger partial charge in [-0.25, -0.2) is 9.29 Å². The molecule has 1 N–H and O–H groups in total. The van der Waals surface area contributed by atoms with Gasteiger partial charge in [-0.15, -0.1) is 0 Å². The average Bonchev–Trinajstić information content (AvgIpc) is 2.77. The van der Waals surface area contributed by atoms with E-state index >= 15 is 0 Å². The first-order valence-electron chi connectivity index (χ1n) is 6.68. The number of benzene rings is 2. The van der Waals surface area contributed by atoms with Gasteiger partial charge in [0.15, 0.2) is 5.37 Å². The lowest BCUT2D eigenvalue weighted by Gasteiger charge is -2.16. The van der Waals surface area contributed by atoms with Gasteiger partial charge in [-0.2, -0.15) is 0 Å². The molecule has 0 saturated carbocycles. The molecule has 1 atom stereocenters. The third-order valence-corrected chi connectivity index (χ3v) is 4.28. The summed E-state index contributed by atoms with van der Waals surface area (Å²) in [5, 5.41) is 1.92. The van der Waals surface area contributed by atoms with E-state index in [4.69, 9.17) is 0 Å². The zero-order valence-electron chi connectivity index (χ0n) is 11.7. The molecular formula is C16H13FN2O2S. The van der Waals surface area contributed by atoms with E-state index in [1.54, 1.807) is 12.1 Å². The van der Waals surface area contributed by atoms with E-state index in [0.29, 0.717) is 11.4 Å². The Morgan fingerprint density at radius 3 is 2.45 bits per heavy atom. The van der Waals surface area contributed by atoms with Crippen LogP contribution in [0.1, 0.15) is 5.56 Å². The third-order valence-electron chi connectivity index (χ3n) is 3.34. The number of carbonyl (C=O) groups is 2. The Labute approximate surface area is 131 Å². The van der Waals surface area contributed by atoms with Crippen LogP contribution in [0, 0.1) is 12.7 Å². The third kappa shape index (κ3) is 2.69.